The molecule has 0 bridgehead atoms. The zero-order valence-corrected chi connectivity index (χ0v) is 11.0. The first-order chi connectivity index (χ1) is 7.53. The summed E-state index contributed by atoms with van der Waals surface area (Å²) >= 11 is 7.59. The van der Waals surface area contributed by atoms with Gasteiger partial charge in [-0.15, -0.1) is 11.3 Å². The first kappa shape index (κ1) is 11.8. The molecule has 16 heavy (non-hydrogen) atoms. The zero-order valence-electron chi connectivity index (χ0n) is 9.46. The minimum absolute atomic E-state index is 0.328. The number of aromatic nitrogens is 1. The Kier molecular flexibility index (Phi) is 3.19. The van der Waals surface area contributed by atoms with Crippen LogP contribution in [0.2, 0.25) is 5.02 Å². The molecule has 0 radical (unpaired) electrons. The van der Waals surface area contributed by atoms with Crippen molar-refractivity contribution in [1.82, 2.24) is 4.98 Å². The van der Waals surface area contributed by atoms with Crippen LogP contribution < -0.4 is 5.73 Å². The summed E-state index contributed by atoms with van der Waals surface area (Å²) in [6, 6.07) is 5.75. The molecule has 1 unspecified atom stereocenters. The molecule has 0 spiro atoms. The lowest BCUT2D eigenvalue weighted by atomic mass is 9.99. The van der Waals surface area contributed by atoms with Gasteiger partial charge in [0.15, 0.2) is 0 Å². The molecule has 1 aromatic heterocycles. The van der Waals surface area contributed by atoms with Gasteiger partial charge in [0.2, 0.25) is 0 Å². The molecule has 1 aromatic carbocycles. The molecular formula is C12H15ClN2S. The second-order valence-corrected chi connectivity index (χ2v) is 5.77. The Bertz CT molecular complexity index is 505. The minimum atomic E-state index is -0.328. The summed E-state index contributed by atoms with van der Waals surface area (Å²) in [6.45, 7) is 4.17. The van der Waals surface area contributed by atoms with Crippen molar-refractivity contribution in [2.75, 3.05) is 0 Å². The number of hydrogen-bond donors (Lipinski definition) is 1. The van der Waals surface area contributed by atoms with Crippen LogP contribution in [0.5, 0.6) is 0 Å². The van der Waals surface area contributed by atoms with Gasteiger partial charge in [-0.25, -0.2) is 4.98 Å². The number of rotatable bonds is 3. The molecule has 2 aromatic rings. The molecule has 4 heteroatoms. The Morgan fingerprint density at radius 1 is 1.50 bits per heavy atom. The Hall–Kier alpha value is -0.640. The van der Waals surface area contributed by atoms with Crippen LogP contribution in [-0.2, 0) is 5.54 Å². The number of nitrogens with zero attached hydrogens (tertiary/aromatic N) is 1. The van der Waals surface area contributed by atoms with Crippen molar-refractivity contribution in [3.63, 3.8) is 0 Å². The van der Waals surface area contributed by atoms with E-state index in [4.69, 9.17) is 17.3 Å². The monoisotopic (exact) mass is 254 g/mol. The molecule has 0 fully saturated rings. The third-order valence-electron chi connectivity index (χ3n) is 2.61. The summed E-state index contributed by atoms with van der Waals surface area (Å²) in [6.07, 6.45) is 2.00. The smallest absolute Gasteiger partial charge is 0.113 e. The van der Waals surface area contributed by atoms with E-state index in [9.17, 15) is 0 Å². The summed E-state index contributed by atoms with van der Waals surface area (Å²) in [4.78, 5) is 4.58. The molecule has 2 nitrogen and oxygen atoms in total. The summed E-state index contributed by atoms with van der Waals surface area (Å²) < 4.78 is 1.11. The van der Waals surface area contributed by atoms with Gasteiger partial charge in [0.1, 0.15) is 5.01 Å². The number of fused-ring (bicyclic) bond motifs is 1. The summed E-state index contributed by atoms with van der Waals surface area (Å²) in [5.41, 5.74) is 6.92. The third-order valence-corrected chi connectivity index (χ3v) is 4.14. The van der Waals surface area contributed by atoms with Crippen LogP contribution in [0.4, 0.5) is 0 Å². The van der Waals surface area contributed by atoms with Crippen molar-refractivity contribution in [2.24, 2.45) is 5.73 Å². The van der Waals surface area contributed by atoms with Crippen molar-refractivity contribution in [3.05, 3.63) is 28.2 Å². The molecule has 1 heterocycles. The van der Waals surface area contributed by atoms with E-state index in [0.29, 0.717) is 0 Å². The largest absolute Gasteiger partial charge is 0.320 e. The van der Waals surface area contributed by atoms with Gasteiger partial charge in [0.25, 0.3) is 0 Å². The van der Waals surface area contributed by atoms with Gasteiger partial charge in [0.05, 0.1) is 15.8 Å². The Morgan fingerprint density at radius 2 is 2.25 bits per heavy atom. The third kappa shape index (κ3) is 2.21. The van der Waals surface area contributed by atoms with Gasteiger partial charge >= 0.3 is 0 Å². The van der Waals surface area contributed by atoms with Gasteiger partial charge in [-0.2, -0.15) is 0 Å². The predicted molar refractivity (Wildman–Crippen MR) is 71.1 cm³/mol. The summed E-state index contributed by atoms with van der Waals surface area (Å²) in [5, 5.41) is 1.74. The van der Waals surface area contributed by atoms with Crippen LogP contribution in [0, 0.1) is 0 Å². The summed E-state index contributed by atoms with van der Waals surface area (Å²) in [7, 11) is 0. The van der Waals surface area contributed by atoms with Crippen molar-refractivity contribution in [3.8, 4) is 0 Å². The molecule has 0 aliphatic heterocycles. The standard InChI is InChI=1S/C12H15ClN2S/c1-3-6-12(2,14)11-15-9-5-4-8(13)7-10(9)16-11/h4-5,7H,3,6,14H2,1-2H3. The van der Waals surface area contributed by atoms with Crippen molar-refractivity contribution < 1.29 is 0 Å². The van der Waals surface area contributed by atoms with Gasteiger partial charge in [-0.1, -0.05) is 24.9 Å². The van der Waals surface area contributed by atoms with Crippen LogP contribution in [-0.4, -0.2) is 4.98 Å². The quantitative estimate of drug-likeness (QED) is 0.902. The molecule has 1 atom stereocenters. The second kappa shape index (κ2) is 4.32. The summed E-state index contributed by atoms with van der Waals surface area (Å²) in [5.74, 6) is 0. The number of thiazole rings is 1. The minimum Gasteiger partial charge on any atom is -0.320 e. The SMILES string of the molecule is CCCC(C)(N)c1nc2ccc(Cl)cc2s1. The topological polar surface area (TPSA) is 38.9 Å². The lowest BCUT2D eigenvalue weighted by Gasteiger charge is -2.20. The molecular weight excluding hydrogens is 240 g/mol. The number of hydrogen-bond acceptors (Lipinski definition) is 3. The second-order valence-electron chi connectivity index (χ2n) is 4.30. The fraction of sp³-hybridized carbons (Fsp3) is 0.417. The normalized spacial score (nSPS) is 15.2. The molecule has 86 valence electrons. The van der Waals surface area contributed by atoms with Gasteiger partial charge in [-0.3, -0.25) is 0 Å². The fourth-order valence-corrected chi connectivity index (χ4v) is 3.10. The van der Waals surface area contributed by atoms with E-state index in [0.717, 1.165) is 33.1 Å². The van der Waals surface area contributed by atoms with Gasteiger partial charge in [-0.05, 0) is 31.5 Å². The van der Waals surface area contributed by atoms with Crippen molar-refractivity contribution in [2.45, 2.75) is 32.2 Å². The number of halogens is 1. The van der Waals surface area contributed by atoms with Crippen molar-refractivity contribution >= 4 is 33.2 Å². The highest BCUT2D eigenvalue weighted by Crippen LogP contribution is 2.32. The predicted octanol–water partition coefficient (Wildman–Crippen LogP) is 3.92. The molecule has 2 rings (SSSR count). The average Bonchev–Trinajstić information content (AvgIpc) is 2.61. The van der Waals surface area contributed by atoms with E-state index in [2.05, 4.69) is 11.9 Å². The average molecular weight is 255 g/mol. The van der Waals surface area contributed by atoms with Gasteiger partial charge in [0, 0.05) is 5.02 Å². The van der Waals surface area contributed by atoms with E-state index >= 15 is 0 Å². The Balaban J connectivity index is 2.46. The number of nitrogens with two attached hydrogens (primary N) is 1. The Labute approximate surface area is 104 Å². The highest BCUT2D eigenvalue weighted by Gasteiger charge is 2.24. The molecule has 0 aliphatic carbocycles. The van der Waals surface area contributed by atoms with Gasteiger partial charge < -0.3 is 5.73 Å². The van der Waals surface area contributed by atoms with Crippen LogP contribution in [0.15, 0.2) is 18.2 Å². The fourth-order valence-electron chi connectivity index (χ4n) is 1.77. The maximum absolute atomic E-state index is 6.27. The highest BCUT2D eigenvalue weighted by molar-refractivity contribution is 7.18. The van der Waals surface area contributed by atoms with E-state index in [1.165, 1.54) is 0 Å². The van der Waals surface area contributed by atoms with Crippen LogP contribution >= 0.6 is 22.9 Å². The first-order valence-electron chi connectivity index (χ1n) is 5.38. The molecule has 0 saturated heterocycles. The van der Waals surface area contributed by atoms with Crippen LogP contribution in [0.1, 0.15) is 31.7 Å². The maximum atomic E-state index is 6.27. The van der Waals surface area contributed by atoms with Crippen molar-refractivity contribution in [1.29, 1.82) is 0 Å². The number of benzene rings is 1. The molecule has 0 aliphatic rings. The van der Waals surface area contributed by atoms with Crippen LogP contribution in [0.3, 0.4) is 0 Å². The lowest BCUT2D eigenvalue weighted by Crippen LogP contribution is -2.32. The van der Waals surface area contributed by atoms with E-state index in [1.54, 1.807) is 11.3 Å². The first-order valence-corrected chi connectivity index (χ1v) is 6.58. The zero-order chi connectivity index (χ0) is 11.8. The Morgan fingerprint density at radius 3 is 2.94 bits per heavy atom. The molecule has 2 N–H and O–H groups in total. The lowest BCUT2D eigenvalue weighted by molar-refractivity contribution is 0.445. The highest BCUT2D eigenvalue weighted by atomic mass is 35.5. The van der Waals surface area contributed by atoms with E-state index in [-0.39, 0.29) is 5.54 Å². The van der Waals surface area contributed by atoms with E-state index < -0.39 is 0 Å². The molecule has 0 saturated carbocycles. The maximum Gasteiger partial charge on any atom is 0.113 e. The molecule has 0 amide bonds. The van der Waals surface area contributed by atoms with Crippen LogP contribution in [0.25, 0.3) is 10.2 Å². The van der Waals surface area contributed by atoms with E-state index in [1.807, 2.05) is 25.1 Å².